The Kier molecular flexibility index (Phi) is 5.49. The van der Waals surface area contributed by atoms with E-state index in [1.54, 1.807) is 24.3 Å². The van der Waals surface area contributed by atoms with Gasteiger partial charge < -0.3 is 10.0 Å². The summed E-state index contributed by atoms with van der Waals surface area (Å²) in [6.45, 7) is 1.43. The number of benzodiazepines with no additional fused rings is 1. The number of halogens is 2. The van der Waals surface area contributed by atoms with Crippen molar-refractivity contribution in [2.24, 2.45) is 4.99 Å². The molecule has 1 amide bonds. The van der Waals surface area contributed by atoms with Crippen molar-refractivity contribution >= 4 is 52.5 Å². The Hall–Kier alpha value is -2.50. The van der Waals surface area contributed by atoms with Crippen LogP contribution in [0.3, 0.4) is 0 Å². The quantitative estimate of drug-likeness (QED) is 0.772. The minimum Gasteiger partial charge on any atom is -0.465 e. The third kappa shape index (κ3) is 4.18. The molecular formula is C19H17Cl2N3O2. The minimum absolute atomic E-state index is 0.490. The number of anilines is 2. The van der Waals surface area contributed by atoms with Crippen LogP contribution in [0, 0.1) is 0 Å². The third-order valence-corrected chi connectivity index (χ3v) is 4.77. The Balaban J connectivity index is 1.97. The SMILES string of the molecule is CN1CCN=C(/C=C/c2ccc(Cl)c(Cl)c2)c2cc(NC(=O)O)ccc21. The number of amides is 1. The Morgan fingerprint density at radius 3 is 2.73 bits per heavy atom. The van der Waals surface area contributed by atoms with Gasteiger partial charge in [-0.25, -0.2) is 4.79 Å². The zero-order valence-corrected chi connectivity index (χ0v) is 15.6. The standard InChI is InChI=1S/C19H17Cl2N3O2/c1-24-9-8-22-17(6-3-12-2-5-15(20)16(21)10-12)14-11-13(23-19(25)26)4-7-18(14)24/h2-7,10-11,23H,8-9H2,1H3,(H,25,26)/b6-3+. The van der Waals surface area contributed by atoms with Gasteiger partial charge in [0.25, 0.3) is 0 Å². The first-order valence-electron chi connectivity index (χ1n) is 7.97. The lowest BCUT2D eigenvalue weighted by Gasteiger charge is -2.19. The summed E-state index contributed by atoms with van der Waals surface area (Å²) in [5, 5.41) is 12.3. The highest BCUT2D eigenvalue weighted by Gasteiger charge is 2.16. The van der Waals surface area contributed by atoms with Crippen LogP contribution >= 0.6 is 23.2 Å². The van der Waals surface area contributed by atoms with Gasteiger partial charge in [-0.05, 0) is 42.0 Å². The number of carbonyl (C=O) groups is 1. The number of hydrogen-bond acceptors (Lipinski definition) is 3. The maximum atomic E-state index is 10.9. The van der Waals surface area contributed by atoms with E-state index in [0.717, 1.165) is 29.1 Å². The van der Waals surface area contributed by atoms with Crippen molar-refractivity contribution in [3.63, 3.8) is 0 Å². The molecule has 0 unspecified atom stereocenters. The number of nitrogens with zero attached hydrogens (tertiary/aromatic N) is 2. The van der Waals surface area contributed by atoms with Crippen molar-refractivity contribution < 1.29 is 9.90 Å². The van der Waals surface area contributed by atoms with E-state index in [2.05, 4.69) is 15.2 Å². The molecule has 5 nitrogen and oxygen atoms in total. The summed E-state index contributed by atoms with van der Waals surface area (Å²) in [4.78, 5) is 17.7. The predicted molar refractivity (Wildman–Crippen MR) is 108 cm³/mol. The second-order valence-electron chi connectivity index (χ2n) is 5.86. The van der Waals surface area contributed by atoms with E-state index in [0.29, 0.717) is 22.3 Å². The molecule has 0 bridgehead atoms. The van der Waals surface area contributed by atoms with Gasteiger partial charge in [-0.2, -0.15) is 0 Å². The summed E-state index contributed by atoms with van der Waals surface area (Å²) in [7, 11) is 1.99. The molecule has 7 heteroatoms. The van der Waals surface area contributed by atoms with Crippen LogP contribution in [0.5, 0.6) is 0 Å². The Morgan fingerprint density at radius 1 is 1.19 bits per heavy atom. The molecule has 0 saturated heterocycles. The first-order valence-corrected chi connectivity index (χ1v) is 8.73. The lowest BCUT2D eigenvalue weighted by molar-refractivity contribution is 0.210. The van der Waals surface area contributed by atoms with Crippen LogP contribution in [0.1, 0.15) is 11.1 Å². The van der Waals surface area contributed by atoms with Gasteiger partial charge in [-0.1, -0.05) is 35.3 Å². The Morgan fingerprint density at radius 2 is 2.00 bits per heavy atom. The molecule has 0 fully saturated rings. The summed E-state index contributed by atoms with van der Waals surface area (Å²) >= 11 is 12.0. The number of hydrogen-bond donors (Lipinski definition) is 2. The third-order valence-electron chi connectivity index (χ3n) is 4.03. The van der Waals surface area contributed by atoms with Gasteiger partial charge in [0.1, 0.15) is 0 Å². The normalized spacial score (nSPS) is 14.0. The number of likely N-dealkylation sites (N-methyl/N-ethyl adjacent to an activating group) is 1. The fraction of sp³-hybridized carbons (Fsp3) is 0.158. The van der Waals surface area contributed by atoms with Crippen molar-refractivity contribution in [2.75, 3.05) is 30.4 Å². The number of aliphatic imine (C=N–C) groups is 1. The van der Waals surface area contributed by atoms with E-state index in [4.69, 9.17) is 28.3 Å². The molecule has 0 atom stereocenters. The highest BCUT2D eigenvalue weighted by atomic mass is 35.5. The van der Waals surface area contributed by atoms with E-state index < -0.39 is 6.09 Å². The number of rotatable bonds is 3. The summed E-state index contributed by atoms with van der Waals surface area (Å²) in [6, 6.07) is 10.8. The molecular weight excluding hydrogens is 373 g/mol. The van der Waals surface area contributed by atoms with Crippen molar-refractivity contribution in [2.45, 2.75) is 0 Å². The van der Waals surface area contributed by atoms with E-state index >= 15 is 0 Å². The maximum Gasteiger partial charge on any atom is 0.409 e. The summed E-state index contributed by atoms with van der Waals surface area (Å²) in [6.07, 6.45) is 2.71. The van der Waals surface area contributed by atoms with Gasteiger partial charge in [-0.15, -0.1) is 0 Å². The second kappa shape index (κ2) is 7.81. The molecule has 0 aliphatic carbocycles. The van der Waals surface area contributed by atoms with Crippen molar-refractivity contribution in [3.05, 3.63) is 63.6 Å². The lowest BCUT2D eigenvalue weighted by atomic mass is 10.0. The van der Waals surface area contributed by atoms with E-state index in [1.807, 2.05) is 31.3 Å². The molecule has 2 N–H and O–H groups in total. The van der Waals surface area contributed by atoms with Crippen LogP contribution in [0.4, 0.5) is 16.2 Å². The average Bonchev–Trinajstić information content (AvgIpc) is 2.74. The van der Waals surface area contributed by atoms with Crippen molar-refractivity contribution in [3.8, 4) is 0 Å². The zero-order chi connectivity index (χ0) is 18.7. The van der Waals surface area contributed by atoms with Crippen molar-refractivity contribution in [1.82, 2.24) is 0 Å². The number of fused-ring (bicyclic) bond motifs is 1. The fourth-order valence-corrected chi connectivity index (χ4v) is 3.04. The van der Waals surface area contributed by atoms with E-state index in [9.17, 15) is 4.79 Å². The van der Waals surface area contributed by atoms with Crippen LogP contribution in [0.25, 0.3) is 6.08 Å². The van der Waals surface area contributed by atoms with Gasteiger partial charge in [0.2, 0.25) is 0 Å². The molecule has 0 saturated carbocycles. The number of nitrogens with one attached hydrogen (secondary N) is 1. The number of allylic oxidation sites excluding steroid dienone is 1. The second-order valence-corrected chi connectivity index (χ2v) is 6.67. The average molecular weight is 390 g/mol. The predicted octanol–water partition coefficient (Wildman–Crippen LogP) is 5.04. The summed E-state index contributed by atoms with van der Waals surface area (Å²) in [5.74, 6) is 0. The molecule has 134 valence electrons. The number of benzene rings is 2. The van der Waals surface area contributed by atoms with Crippen LogP contribution < -0.4 is 10.2 Å². The molecule has 0 spiro atoms. The zero-order valence-electron chi connectivity index (χ0n) is 14.0. The maximum absolute atomic E-state index is 10.9. The van der Waals surface area contributed by atoms with Gasteiger partial charge in [0, 0.05) is 30.5 Å². The first-order chi connectivity index (χ1) is 12.4. The fourth-order valence-electron chi connectivity index (χ4n) is 2.74. The smallest absolute Gasteiger partial charge is 0.409 e. The Bertz CT molecular complexity index is 910. The van der Waals surface area contributed by atoms with E-state index in [1.165, 1.54) is 0 Å². The lowest BCUT2D eigenvalue weighted by Crippen LogP contribution is -2.20. The van der Waals surface area contributed by atoms with Gasteiger partial charge >= 0.3 is 6.09 Å². The highest BCUT2D eigenvalue weighted by Crippen LogP contribution is 2.27. The van der Waals surface area contributed by atoms with Gasteiger partial charge in [0.15, 0.2) is 0 Å². The molecule has 26 heavy (non-hydrogen) atoms. The van der Waals surface area contributed by atoms with Crippen molar-refractivity contribution in [1.29, 1.82) is 0 Å². The topological polar surface area (TPSA) is 64.9 Å². The first kappa shape index (κ1) is 18.3. The molecule has 1 aliphatic heterocycles. The number of carboxylic acid groups (broad SMARTS) is 1. The Labute approximate surface area is 161 Å². The molecule has 0 aromatic heterocycles. The molecule has 2 aromatic carbocycles. The van der Waals surface area contributed by atoms with Crippen LogP contribution in [-0.2, 0) is 0 Å². The summed E-state index contributed by atoms with van der Waals surface area (Å²) < 4.78 is 0. The monoisotopic (exact) mass is 389 g/mol. The molecule has 0 radical (unpaired) electrons. The highest BCUT2D eigenvalue weighted by molar-refractivity contribution is 6.42. The van der Waals surface area contributed by atoms with Crippen LogP contribution in [-0.4, -0.2) is 37.0 Å². The summed E-state index contributed by atoms with van der Waals surface area (Å²) in [5.41, 5.74) is 4.05. The van der Waals surface area contributed by atoms with E-state index in [-0.39, 0.29) is 0 Å². The van der Waals surface area contributed by atoms with Gasteiger partial charge in [0.05, 0.1) is 22.3 Å². The molecule has 3 rings (SSSR count). The largest absolute Gasteiger partial charge is 0.465 e. The molecule has 1 aliphatic rings. The minimum atomic E-state index is -1.10. The van der Waals surface area contributed by atoms with Crippen LogP contribution in [0.2, 0.25) is 10.0 Å². The van der Waals surface area contributed by atoms with Crippen LogP contribution in [0.15, 0.2) is 47.5 Å². The van der Waals surface area contributed by atoms with Gasteiger partial charge in [-0.3, -0.25) is 10.3 Å². The molecule has 1 heterocycles. The molecule has 2 aromatic rings.